The summed E-state index contributed by atoms with van der Waals surface area (Å²) in [7, 11) is 0. The van der Waals surface area contributed by atoms with E-state index in [1.807, 2.05) is 54.6 Å². The fraction of sp³-hybridized carbons (Fsp3) is 0. The number of rotatable bonds is 2. The van der Waals surface area contributed by atoms with Crippen LogP contribution in [-0.4, -0.2) is 5.71 Å². The SMILES string of the molecule is N/N=C(\c1ccccc1)c1cccc(Cl)c1. The molecule has 0 radical (unpaired) electrons. The predicted octanol–water partition coefficient (Wildman–Crippen LogP) is 3.05. The second kappa shape index (κ2) is 4.81. The average Bonchev–Trinajstić information content (AvgIpc) is 2.31. The topological polar surface area (TPSA) is 38.4 Å². The zero-order chi connectivity index (χ0) is 11.4. The summed E-state index contributed by atoms with van der Waals surface area (Å²) >= 11 is 5.94. The van der Waals surface area contributed by atoms with E-state index in [0.717, 1.165) is 16.8 Å². The Morgan fingerprint density at radius 2 is 1.62 bits per heavy atom. The molecule has 2 nitrogen and oxygen atoms in total. The lowest BCUT2D eigenvalue weighted by molar-refractivity contribution is 1.24. The van der Waals surface area contributed by atoms with E-state index in [1.165, 1.54) is 0 Å². The van der Waals surface area contributed by atoms with E-state index in [0.29, 0.717) is 5.02 Å². The summed E-state index contributed by atoms with van der Waals surface area (Å²) in [5.74, 6) is 5.43. The van der Waals surface area contributed by atoms with Crippen LogP contribution in [0.25, 0.3) is 0 Å². The smallest absolute Gasteiger partial charge is 0.0971 e. The number of hydrazone groups is 1. The van der Waals surface area contributed by atoms with Gasteiger partial charge in [0.1, 0.15) is 0 Å². The maximum Gasteiger partial charge on any atom is 0.0971 e. The Labute approximate surface area is 99.4 Å². The fourth-order valence-electron chi connectivity index (χ4n) is 1.55. The van der Waals surface area contributed by atoms with E-state index in [9.17, 15) is 0 Å². The summed E-state index contributed by atoms with van der Waals surface area (Å²) in [6, 6.07) is 17.3. The molecule has 16 heavy (non-hydrogen) atoms. The molecule has 80 valence electrons. The third kappa shape index (κ3) is 2.23. The van der Waals surface area contributed by atoms with Gasteiger partial charge in [0.15, 0.2) is 0 Å². The van der Waals surface area contributed by atoms with Crippen molar-refractivity contribution in [2.45, 2.75) is 0 Å². The highest BCUT2D eigenvalue weighted by Gasteiger charge is 2.06. The van der Waals surface area contributed by atoms with Crippen molar-refractivity contribution in [1.29, 1.82) is 0 Å². The predicted molar refractivity (Wildman–Crippen MR) is 67.7 cm³/mol. The Morgan fingerprint density at radius 1 is 0.938 bits per heavy atom. The molecule has 3 heteroatoms. The summed E-state index contributed by atoms with van der Waals surface area (Å²) < 4.78 is 0. The molecule has 2 aromatic carbocycles. The van der Waals surface area contributed by atoms with E-state index in [1.54, 1.807) is 0 Å². The van der Waals surface area contributed by atoms with Crippen LogP contribution in [0.2, 0.25) is 5.02 Å². The second-order valence-corrected chi connectivity index (χ2v) is 3.79. The highest BCUT2D eigenvalue weighted by atomic mass is 35.5. The van der Waals surface area contributed by atoms with Gasteiger partial charge in [0.25, 0.3) is 0 Å². The minimum absolute atomic E-state index is 0.676. The van der Waals surface area contributed by atoms with Gasteiger partial charge in [-0.2, -0.15) is 5.10 Å². The van der Waals surface area contributed by atoms with Crippen LogP contribution in [0.3, 0.4) is 0 Å². The average molecular weight is 231 g/mol. The van der Waals surface area contributed by atoms with Gasteiger partial charge in [-0.05, 0) is 12.1 Å². The quantitative estimate of drug-likeness (QED) is 0.481. The zero-order valence-electron chi connectivity index (χ0n) is 8.60. The van der Waals surface area contributed by atoms with Crippen LogP contribution < -0.4 is 5.84 Å². The number of nitrogens with two attached hydrogens (primary N) is 1. The maximum absolute atomic E-state index is 5.94. The number of hydrogen-bond donors (Lipinski definition) is 1. The molecule has 0 bridgehead atoms. The first-order valence-electron chi connectivity index (χ1n) is 4.90. The van der Waals surface area contributed by atoms with Gasteiger partial charge in [-0.15, -0.1) is 0 Å². The molecular formula is C13H11ClN2. The number of nitrogens with zero attached hydrogens (tertiary/aromatic N) is 1. The van der Waals surface area contributed by atoms with E-state index >= 15 is 0 Å². The normalized spacial score (nSPS) is 11.4. The van der Waals surface area contributed by atoms with Crippen LogP contribution in [0.15, 0.2) is 59.7 Å². The van der Waals surface area contributed by atoms with Crippen LogP contribution >= 0.6 is 11.6 Å². The van der Waals surface area contributed by atoms with Crippen LogP contribution in [-0.2, 0) is 0 Å². The van der Waals surface area contributed by atoms with Gasteiger partial charge in [-0.1, -0.05) is 54.1 Å². The van der Waals surface area contributed by atoms with Gasteiger partial charge >= 0.3 is 0 Å². The Morgan fingerprint density at radius 3 is 2.25 bits per heavy atom. The largest absolute Gasteiger partial charge is 0.323 e. The van der Waals surface area contributed by atoms with Crippen molar-refractivity contribution in [3.63, 3.8) is 0 Å². The third-order valence-corrected chi connectivity index (χ3v) is 2.51. The van der Waals surface area contributed by atoms with Crippen LogP contribution in [0.4, 0.5) is 0 Å². The van der Waals surface area contributed by atoms with Crippen molar-refractivity contribution in [1.82, 2.24) is 0 Å². The molecule has 0 aromatic heterocycles. The Kier molecular flexibility index (Phi) is 3.22. The van der Waals surface area contributed by atoms with Gasteiger partial charge in [0, 0.05) is 16.1 Å². The van der Waals surface area contributed by atoms with Gasteiger partial charge in [-0.3, -0.25) is 0 Å². The van der Waals surface area contributed by atoms with E-state index < -0.39 is 0 Å². The van der Waals surface area contributed by atoms with Crippen molar-refractivity contribution in [2.75, 3.05) is 0 Å². The van der Waals surface area contributed by atoms with E-state index in [4.69, 9.17) is 17.4 Å². The zero-order valence-corrected chi connectivity index (χ0v) is 9.35. The summed E-state index contributed by atoms with van der Waals surface area (Å²) in [5, 5.41) is 4.50. The van der Waals surface area contributed by atoms with Crippen LogP contribution in [0.1, 0.15) is 11.1 Å². The molecule has 0 aliphatic rings. The number of halogens is 1. The van der Waals surface area contributed by atoms with Crippen molar-refractivity contribution in [3.05, 3.63) is 70.7 Å². The van der Waals surface area contributed by atoms with Crippen molar-refractivity contribution < 1.29 is 0 Å². The first-order chi connectivity index (χ1) is 7.81. The summed E-state index contributed by atoms with van der Waals surface area (Å²) in [5.41, 5.74) is 2.64. The highest BCUT2D eigenvalue weighted by Crippen LogP contribution is 2.15. The van der Waals surface area contributed by atoms with Crippen molar-refractivity contribution >= 4 is 17.3 Å². The molecule has 0 aliphatic carbocycles. The second-order valence-electron chi connectivity index (χ2n) is 3.35. The van der Waals surface area contributed by atoms with Crippen molar-refractivity contribution in [3.8, 4) is 0 Å². The lowest BCUT2D eigenvalue weighted by atomic mass is 10.0. The number of benzene rings is 2. The van der Waals surface area contributed by atoms with Gasteiger partial charge < -0.3 is 5.84 Å². The molecule has 2 aromatic rings. The minimum atomic E-state index is 0.676. The monoisotopic (exact) mass is 230 g/mol. The van der Waals surface area contributed by atoms with Gasteiger partial charge in [0.2, 0.25) is 0 Å². The molecular weight excluding hydrogens is 220 g/mol. The molecule has 0 heterocycles. The third-order valence-electron chi connectivity index (χ3n) is 2.27. The Hall–Kier alpha value is -1.80. The molecule has 0 saturated carbocycles. The molecule has 0 saturated heterocycles. The first kappa shape index (κ1) is 10.7. The Bertz CT molecular complexity index is 506. The molecule has 0 aliphatic heterocycles. The maximum atomic E-state index is 5.94. The molecule has 0 atom stereocenters. The fourth-order valence-corrected chi connectivity index (χ4v) is 1.74. The highest BCUT2D eigenvalue weighted by molar-refractivity contribution is 6.31. The molecule has 0 amide bonds. The number of hydrogen-bond acceptors (Lipinski definition) is 2. The van der Waals surface area contributed by atoms with Crippen LogP contribution in [0, 0.1) is 0 Å². The standard InChI is InChI=1S/C13H11ClN2/c14-12-8-4-7-11(9-12)13(16-15)10-5-2-1-3-6-10/h1-9H,15H2/b16-13+. The molecule has 0 unspecified atom stereocenters. The van der Waals surface area contributed by atoms with E-state index in [2.05, 4.69) is 5.10 Å². The molecule has 2 N–H and O–H groups in total. The lowest BCUT2D eigenvalue weighted by Crippen LogP contribution is -2.05. The Balaban J connectivity index is 2.46. The summed E-state index contributed by atoms with van der Waals surface area (Å²) in [4.78, 5) is 0. The lowest BCUT2D eigenvalue weighted by Gasteiger charge is -2.05. The van der Waals surface area contributed by atoms with Gasteiger partial charge in [0.05, 0.1) is 5.71 Å². The summed E-state index contributed by atoms with van der Waals surface area (Å²) in [6.07, 6.45) is 0. The minimum Gasteiger partial charge on any atom is -0.323 e. The molecule has 2 rings (SSSR count). The van der Waals surface area contributed by atoms with E-state index in [-0.39, 0.29) is 0 Å². The first-order valence-corrected chi connectivity index (χ1v) is 5.28. The van der Waals surface area contributed by atoms with Gasteiger partial charge in [-0.25, -0.2) is 0 Å². The van der Waals surface area contributed by atoms with Crippen molar-refractivity contribution in [2.24, 2.45) is 10.9 Å². The molecule has 0 spiro atoms. The summed E-state index contributed by atoms with van der Waals surface area (Å²) in [6.45, 7) is 0. The van der Waals surface area contributed by atoms with Crippen LogP contribution in [0.5, 0.6) is 0 Å². The molecule has 0 fully saturated rings.